The number of H-pyrrole nitrogens is 2. The molecule has 0 aliphatic carbocycles. The molecule has 0 radical (unpaired) electrons. The number of nitro groups is 1. The van der Waals surface area contributed by atoms with Crippen molar-refractivity contribution in [1.29, 1.82) is 0 Å². The van der Waals surface area contributed by atoms with E-state index < -0.39 is 21.9 Å². The maximum atomic E-state index is 11.6. The van der Waals surface area contributed by atoms with Crippen molar-refractivity contribution in [2.45, 2.75) is 0 Å². The summed E-state index contributed by atoms with van der Waals surface area (Å²) in [7, 11) is 0. The van der Waals surface area contributed by atoms with Gasteiger partial charge in [0.25, 0.3) is 0 Å². The van der Waals surface area contributed by atoms with E-state index in [4.69, 9.17) is 0 Å². The molecule has 134 valence electrons. The van der Waals surface area contributed by atoms with Crippen LogP contribution in [0.3, 0.4) is 0 Å². The van der Waals surface area contributed by atoms with Crippen molar-refractivity contribution in [3.05, 3.63) is 102 Å². The Labute approximate surface area is 152 Å². The number of nitrogens with one attached hydrogen (secondary N) is 2. The van der Waals surface area contributed by atoms with Crippen molar-refractivity contribution >= 4 is 29.7 Å². The van der Waals surface area contributed by atoms with Gasteiger partial charge in [-0.25, -0.2) is 4.79 Å². The number of aromatic amines is 2. The van der Waals surface area contributed by atoms with Crippen molar-refractivity contribution < 1.29 is 4.92 Å². The number of para-hydroxylation sites is 1. The van der Waals surface area contributed by atoms with Gasteiger partial charge in [-0.1, -0.05) is 48.5 Å². The van der Waals surface area contributed by atoms with Gasteiger partial charge in [0.2, 0.25) is 0 Å². The van der Waals surface area contributed by atoms with Gasteiger partial charge in [0.15, 0.2) is 0 Å². The first-order valence-electron chi connectivity index (χ1n) is 7.91. The van der Waals surface area contributed by atoms with Gasteiger partial charge < -0.3 is 4.98 Å². The van der Waals surface area contributed by atoms with Crippen molar-refractivity contribution in [3.63, 3.8) is 0 Å². The molecule has 0 saturated carbocycles. The Morgan fingerprint density at radius 1 is 0.889 bits per heavy atom. The first-order valence-corrected chi connectivity index (χ1v) is 7.91. The number of rotatable bonds is 5. The van der Waals surface area contributed by atoms with Gasteiger partial charge in [-0.2, -0.15) is 0 Å². The van der Waals surface area contributed by atoms with Crippen LogP contribution in [0.15, 0.2) is 69.2 Å². The van der Waals surface area contributed by atoms with E-state index in [9.17, 15) is 19.7 Å². The zero-order valence-electron chi connectivity index (χ0n) is 14.0. The molecule has 0 unspecified atom stereocenters. The molecule has 0 spiro atoms. The first-order chi connectivity index (χ1) is 13.0. The molecular weight excluding hydrogens is 348 g/mol. The van der Waals surface area contributed by atoms with Crippen LogP contribution in [0.25, 0.3) is 12.2 Å². The normalized spacial score (nSPS) is 11.3. The summed E-state index contributed by atoms with van der Waals surface area (Å²) in [6.45, 7) is 0. The molecule has 0 bridgehead atoms. The Bertz CT molecular complexity index is 1130. The largest absolute Gasteiger partial charge is 0.357 e. The summed E-state index contributed by atoms with van der Waals surface area (Å²) in [5.74, 6) is 0. The number of hydrogen-bond acceptors (Lipinski definition) is 5. The van der Waals surface area contributed by atoms with Crippen LogP contribution in [0.1, 0.15) is 16.8 Å². The lowest BCUT2D eigenvalue weighted by atomic mass is 10.1. The van der Waals surface area contributed by atoms with Gasteiger partial charge in [-0.15, -0.1) is 0 Å². The van der Waals surface area contributed by atoms with Gasteiger partial charge in [0, 0.05) is 6.21 Å². The molecule has 0 saturated heterocycles. The molecule has 0 atom stereocenters. The van der Waals surface area contributed by atoms with Crippen molar-refractivity contribution in [2.24, 2.45) is 4.99 Å². The Morgan fingerprint density at radius 2 is 1.56 bits per heavy atom. The predicted molar refractivity (Wildman–Crippen MR) is 103 cm³/mol. The minimum atomic E-state index is -1.05. The van der Waals surface area contributed by atoms with Gasteiger partial charge in [0.1, 0.15) is 5.69 Å². The maximum absolute atomic E-state index is 11.6. The van der Waals surface area contributed by atoms with Gasteiger partial charge in [-0.05, 0) is 29.3 Å². The Hall–Kier alpha value is -4.07. The van der Waals surface area contributed by atoms with E-state index >= 15 is 0 Å². The van der Waals surface area contributed by atoms with Crippen LogP contribution in [0.2, 0.25) is 0 Å². The topological polar surface area (TPSA) is 121 Å². The van der Waals surface area contributed by atoms with E-state index in [0.29, 0.717) is 0 Å². The fraction of sp³-hybridized carbons (Fsp3) is 0. The minimum Gasteiger partial charge on any atom is -0.301 e. The first kappa shape index (κ1) is 17.7. The molecule has 2 N–H and O–H groups in total. The maximum Gasteiger partial charge on any atom is 0.357 e. The summed E-state index contributed by atoms with van der Waals surface area (Å²) in [6, 6.07) is 16.8. The molecular formula is C19H14N4O4. The highest BCUT2D eigenvalue weighted by molar-refractivity contribution is 5.82. The lowest BCUT2D eigenvalue weighted by Crippen LogP contribution is -2.25. The zero-order valence-corrected chi connectivity index (χ0v) is 14.0. The van der Waals surface area contributed by atoms with Crippen molar-refractivity contribution in [1.82, 2.24) is 9.97 Å². The number of aliphatic imine (C=N–C) groups is 1. The lowest BCUT2D eigenvalue weighted by Gasteiger charge is -1.98. The van der Waals surface area contributed by atoms with E-state index in [1.807, 2.05) is 47.4 Å². The average Bonchev–Trinajstić information content (AvgIpc) is 2.65. The highest BCUT2D eigenvalue weighted by atomic mass is 16.6. The number of benzene rings is 2. The Kier molecular flexibility index (Phi) is 5.17. The summed E-state index contributed by atoms with van der Waals surface area (Å²) in [5.41, 5.74) is -0.268. The van der Waals surface area contributed by atoms with E-state index in [2.05, 4.69) is 9.98 Å². The Morgan fingerprint density at radius 3 is 2.22 bits per heavy atom. The monoisotopic (exact) mass is 362 g/mol. The van der Waals surface area contributed by atoms with Crippen LogP contribution in [0, 0.1) is 10.1 Å². The molecule has 0 amide bonds. The van der Waals surface area contributed by atoms with E-state index in [0.717, 1.165) is 16.8 Å². The van der Waals surface area contributed by atoms with Crippen LogP contribution in [0.4, 0.5) is 11.4 Å². The van der Waals surface area contributed by atoms with Crippen LogP contribution < -0.4 is 11.2 Å². The molecule has 0 aliphatic rings. The predicted octanol–water partition coefficient (Wildman–Crippen LogP) is 2.89. The second-order valence-corrected chi connectivity index (χ2v) is 5.52. The smallest absolute Gasteiger partial charge is 0.301 e. The average molecular weight is 362 g/mol. The third kappa shape index (κ3) is 4.51. The molecule has 3 rings (SSSR count). The molecule has 0 fully saturated rings. The third-order valence-electron chi connectivity index (χ3n) is 3.63. The second-order valence-electron chi connectivity index (χ2n) is 5.52. The molecule has 0 aliphatic heterocycles. The summed E-state index contributed by atoms with van der Waals surface area (Å²) in [5, 5.41) is 11.0. The SMILES string of the molecule is O=c1[nH]c(C=Cc2ccc(C=Nc3ccccc3)cc2)c([N+](=O)[O-])c(=O)[nH]1. The zero-order chi connectivity index (χ0) is 19.2. The molecule has 2 aromatic carbocycles. The summed E-state index contributed by atoms with van der Waals surface area (Å²) >= 11 is 0. The third-order valence-corrected chi connectivity index (χ3v) is 3.63. The number of hydrogen-bond donors (Lipinski definition) is 2. The highest BCUT2D eigenvalue weighted by Crippen LogP contribution is 2.14. The summed E-state index contributed by atoms with van der Waals surface area (Å²) < 4.78 is 0. The van der Waals surface area contributed by atoms with Gasteiger partial charge in [-0.3, -0.25) is 24.9 Å². The van der Waals surface area contributed by atoms with Gasteiger partial charge in [0.05, 0.1) is 10.6 Å². The van der Waals surface area contributed by atoms with Crippen LogP contribution in [-0.2, 0) is 0 Å². The molecule has 8 nitrogen and oxygen atoms in total. The number of aromatic nitrogens is 2. The highest BCUT2D eigenvalue weighted by Gasteiger charge is 2.18. The van der Waals surface area contributed by atoms with E-state index in [1.165, 1.54) is 6.08 Å². The Balaban J connectivity index is 1.81. The van der Waals surface area contributed by atoms with Crippen molar-refractivity contribution in [3.8, 4) is 0 Å². The van der Waals surface area contributed by atoms with Crippen molar-refractivity contribution in [2.75, 3.05) is 0 Å². The standard InChI is InChI=1S/C19H14N4O4/c24-18-17(23(26)27)16(21-19(25)22-18)11-10-13-6-8-14(9-7-13)12-20-15-4-2-1-3-5-15/h1-12H,(H2,21,22,24,25). The fourth-order valence-corrected chi connectivity index (χ4v) is 2.34. The van der Waals surface area contributed by atoms with E-state index in [1.54, 1.807) is 24.4 Å². The molecule has 8 heteroatoms. The number of nitrogens with zero attached hydrogens (tertiary/aromatic N) is 2. The summed E-state index contributed by atoms with van der Waals surface area (Å²) in [6.07, 6.45) is 4.61. The molecule has 27 heavy (non-hydrogen) atoms. The molecule has 1 aromatic heterocycles. The van der Waals surface area contributed by atoms with Crippen LogP contribution in [-0.4, -0.2) is 21.1 Å². The van der Waals surface area contributed by atoms with Crippen LogP contribution in [0.5, 0.6) is 0 Å². The van der Waals surface area contributed by atoms with Crippen LogP contribution >= 0.6 is 0 Å². The quantitative estimate of drug-likeness (QED) is 0.412. The van der Waals surface area contributed by atoms with Gasteiger partial charge >= 0.3 is 16.9 Å². The molecule has 3 aromatic rings. The van der Waals surface area contributed by atoms with E-state index in [-0.39, 0.29) is 5.69 Å². The minimum absolute atomic E-state index is 0.163. The molecule has 1 heterocycles. The summed E-state index contributed by atoms with van der Waals surface area (Å²) in [4.78, 5) is 41.6. The second kappa shape index (κ2) is 7.87. The fourth-order valence-electron chi connectivity index (χ4n) is 2.34. The lowest BCUT2D eigenvalue weighted by molar-refractivity contribution is -0.386.